The average molecular weight is 539 g/mol. The van der Waals surface area contributed by atoms with E-state index >= 15 is 0 Å². The van der Waals surface area contributed by atoms with E-state index in [-0.39, 0.29) is 5.63 Å². The van der Waals surface area contributed by atoms with Crippen molar-refractivity contribution in [2.45, 2.75) is 126 Å². The fraction of sp³-hybridized carbons (Fsp3) is 0.686. The molecule has 0 spiro atoms. The SMILES string of the molecule is CCCCC(/C=c1\[nH]oc(=O)c1=Cc1ccc(N(CC(CC)CCCC)CC(CC)CCCC)cc1C)CC. The number of unbranched alkanes of at least 4 members (excludes halogenated alkanes) is 3. The molecule has 1 aromatic carbocycles. The molecule has 4 nitrogen and oxygen atoms in total. The quantitative estimate of drug-likeness (QED) is 0.195. The normalized spacial score (nSPS) is 15.1. The highest BCUT2D eigenvalue weighted by atomic mass is 16.5. The summed E-state index contributed by atoms with van der Waals surface area (Å²) in [5.41, 5.74) is 3.30. The molecule has 0 aliphatic rings. The van der Waals surface area contributed by atoms with Crippen molar-refractivity contribution < 1.29 is 4.52 Å². The van der Waals surface area contributed by atoms with E-state index in [9.17, 15) is 4.79 Å². The molecule has 39 heavy (non-hydrogen) atoms. The number of H-pyrrole nitrogens is 1. The maximum absolute atomic E-state index is 12.6. The van der Waals surface area contributed by atoms with Gasteiger partial charge in [-0.2, -0.15) is 0 Å². The highest BCUT2D eigenvalue weighted by Crippen LogP contribution is 2.26. The molecule has 1 heterocycles. The molecule has 0 aliphatic carbocycles. The van der Waals surface area contributed by atoms with Crippen LogP contribution in [0.3, 0.4) is 0 Å². The van der Waals surface area contributed by atoms with Crippen molar-refractivity contribution in [2.75, 3.05) is 18.0 Å². The lowest BCUT2D eigenvalue weighted by molar-refractivity contribution is 0.385. The second-order valence-electron chi connectivity index (χ2n) is 11.7. The van der Waals surface area contributed by atoms with Crippen LogP contribution in [-0.2, 0) is 0 Å². The summed E-state index contributed by atoms with van der Waals surface area (Å²) in [6, 6.07) is 6.80. The summed E-state index contributed by atoms with van der Waals surface area (Å²) in [4.78, 5) is 15.3. The van der Waals surface area contributed by atoms with Gasteiger partial charge in [-0.3, -0.25) is 0 Å². The molecule has 4 heteroatoms. The number of aromatic nitrogens is 1. The first-order chi connectivity index (χ1) is 18.9. The van der Waals surface area contributed by atoms with Crippen LogP contribution >= 0.6 is 0 Å². The zero-order chi connectivity index (χ0) is 28.6. The molecular weight excluding hydrogens is 480 g/mol. The molecule has 3 atom stereocenters. The summed E-state index contributed by atoms with van der Waals surface area (Å²) in [6.45, 7) is 18.1. The van der Waals surface area contributed by atoms with Crippen LogP contribution in [-0.4, -0.2) is 18.2 Å². The zero-order valence-electron chi connectivity index (χ0n) is 26.3. The fourth-order valence-corrected chi connectivity index (χ4v) is 5.61. The Kier molecular flexibility index (Phi) is 15.4. The molecule has 0 bridgehead atoms. The summed E-state index contributed by atoms with van der Waals surface area (Å²) in [5, 5.41) is 4.34. The van der Waals surface area contributed by atoms with E-state index in [1.807, 2.05) is 6.08 Å². The molecule has 1 N–H and O–H groups in total. The Morgan fingerprint density at radius 1 is 0.846 bits per heavy atom. The van der Waals surface area contributed by atoms with E-state index in [1.54, 1.807) is 0 Å². The van der Waals surface area contributed by atoms with E-state index in [1.165, 1.54) is 75.5 Å². The summed E-state index contributed by atoms with van der Waals surface area (Å²) in [7, 11) is 0. The number of benzene rings is 1. The van der Waals surface area contributed by atoms with Gasteiger partial charge in [0.15, 0.2) is 0 Å². The lowest BCUT2D eigenvalue weighted by Crippen LogP contribution is -2.34. The molecule has 0 radical (unpaired) electrons. The topological polar surface area (TPSA) is 49.2 Å². The largest absolute Gasteiger partial charge is 0.371 e. The predicted molar refractivity (Wildman–Crippen MR) is 170 cm³/mol. The molecule has 0 fully saturated rings. The molecule has 0 amide bonds. The number of hydrogen-bond acceptors (Lipinski definition) is 3. The lowest BCUT2D eigenvalue weighted by Gasteiger charge is -2.33. The van der Waals surface area contributed by atoms with E-state index in [2.05, 4.69) is 82.8 Å². The molecular formula is C35H58N2O2. The second-order valence-corrected chi connectivity index (χ2v) is 11.7. The van der Waals surface area contributed by atoms with Gasteiger partial charge >= 0.3 is 5.63 Å². The monoisotopic (exact) mass is 538 g/mol. The molecule has 0 saturated carbocycles. The van der Waals surface area contributed by atoms with Gasteiger partial charge in [0.05, 0.1) is 10.6 Å². The maximum Gasteiger partial charge on any atom is 0.365 e. The van der Waals surface area contributed by atoms with Crippen LogP contribution in [0.5, 0.6) is 0 Å². The van der Waals surface area contributed by atoms with Crippen LogP contribution in [0.4, 0.5) is 5.69 Å². The Morgan fingerprint density at radius 3 is 1.95 bits per heavy atom. The predicted octanol–water partition coefficient (Wildman–Crippen LogP) is 8.34. The van der Waals surface area contributed by atoms with Gasteiger partial charge in [0.2, 0.25) is 0 Å². The summed E-state index contributed by atoms with van der Waals surface area (Å²) in [6.07, 6.45) is 19.0. The minimum atomic E-state index is -0.292. The number of aromatic amines is 1. The first-order valence-corrected chi connectivity index (χ1v) is 16.2. The summed E-state index contributed by atoms with van der Waals surface area (Å²) < 4.78 is 5.24. The van der Waals surface area contributed by atoms with Crippen molar-refractivity contribution in [3.63, 3.8) is 0 Å². The van der Waals surface area contributed by atoms with Gasteiger partial charge in [0.1, 0.15) is 0 Å². The van der Waals surface area contributed by atoms with Gasteiger partial charge in [-0.1, -0.05) is 105 Å². The minimum Gasteiger partial charge on any atom is -0.371 e. The van der Waals surface area contributed by atoms with Crippen molar-refractivity contribution in [3.05, 3.63) is 50.3 Å². The standard InChI is InChI=1S/C35H58N2O2/c1-8-14-17-28(11-4)23-34-33(35(38)39-36-34)24-31-20-21-32(22-27(31)7)37(25-29(12-5)18-15-9-2)26-30(13-6)19-16-10-3/h20-24,28-30,36H,8-19,25-26H2,1-7H3/b33-24?,34-23-. The van der Waals surface area contributed by atoms with Gasteiger partial charge in [0.25, 0.3) is 0 Å². The van der Waals surface area contributed by atoms with E-state index in [0.29, 0.717) is 11.1 Å². The molecule has 3 unspecified atom stereocenters. The van der Waals surface area contributed by atoms with Crippen molar-refractivity contribution in [2.24, 2.45) is 17.8 Å². The Hall–Kier alpha value is -2.23. The van der Waals surface area contributed by atoms with Crippen molar-refractivity contribution in [1.82, 2.24) is 5.16 Å². The number of rotatable bonds is 19. The van der Waals surface area contributed by atoms with Gasteiger partial charge in [0, 0.05) is 18.8 Å². The Morgan fingerprint density at radius 2 is 1.44 bits per heavy atom. The van der Waals surface area contributed by atoms with E-state index < -0.39 is 0 Å². The number of anilines is 1. The first kappa shape index (κ1) is 33.0. The minimum absolute atomic E-state index is 0.292. The number of nitrogens with zero attached hydrogens (tertiary/aromatic N) is 1. The van der Waals surface area contributed by atoms with E-state index in [4.69, 9.17) is 4.52 Å². The second kappa shape index (κ2) is 18.2. The van der Waals surface area contributed by atoms with E-state index in [0.717, 1.165) is 48.7 Å². The van der Waals surface area contributed by atoms with Crippen LogP contribution in [0.2, 0.25) is 0 Å². The van der Waals surface area contributed by atoms with Gasteiger partial charge in [-0.25, -0.2) is 9.95 Å². The highest BCUT2D eigenvalue weighted by Gasteiger charge is 2.18. The smallest absolute Gasteiger partial charge is 0.365 e. The number of hydrogen-bond donors (Lipinski definition) is 1. The number of nitrogens with one attached hydrogen (secondary N) is 1. The average Bonchev–Trinajstić information content (AvgIpc) is 3.29. The number of aryl methyl sites for hydroxylation is 1. The molecule has 220 valence electrons. The lowest BCUT2D eigenvalue weighted by atomic mass is 9.95. The third-order valence-electron chi connectivity index (χ3n) is 8.58. The van der Waals surface area contributed by atoms with Crippen molar-refractivity contribution in [3.8, 4) is 0 Å². The van der Waals surface area contributed by atoms with Crippen LogP contribution in [0.25, 0.3) is 12.2 Å². The first-order valence-electron chi connectivity index (χ1n) is 16.2. The van der Waals surface area contributed by atoms with Crippen molar-refractivity contribution >= 4 is 17.8 Å². The molecule has 1 aromatic heterocycles. The zero-order valence-corrected chi connectivity index (χ0v) is 26.3. The Bertz CT molecular complexity index is 1090. The van der Waals surface area contributed by atoms with Gasteiger partial charge < -0.3 is 9.42 Å². The Balaban J connectivity index is 2.43. The van der Waals surface area contributed by atoms with Crippen LogP contribution in [0, 0.1) is 24.7 Å². The maximum atomic E-state index is 12.6. The highest BCUT2D eigenvalue weighted by molar-refractivity contribution is 5.60. The Labute approximate surface area is 238 Å². The summed E-state index contributed by atoms with van der Waals surface area (Å²) >= 11 is 0. The fourth-order valence-electron chi connectivity index (χ4n) is 5.61. The third kappa shape index (κ3) is 10.7. The molecule has 0 aliphatic heterocycles. The summed E-state index contributed by atoms with van der Waals surface area (Å²) in [5.74, 6) is 1.89. The van der Waals surface area contributed by atoms with Gasteiger partial charge in [-0.15, -0.1) is 0 Å². The third-order valence-corrected chi connectivity index (χ3v) is 8.58. The van der Waals surface area contributed by atoms with Crippen LogP contribution in [0.1, 0.15) is 130 Å². The van der Waals surface area contributed by atoms with Gasteiger partial charge in [-0.05, 0) is 79.7 Å². The molecule has 2 rings (SSSR count). The van der Waals surface area contributed by atoms with Crippen LogP contribution < -0.4 is 21.1 Å². The van der Waals surface area contributed by atoms with Crippen molar-refractivity contribution in [1.29, 1.82) is 0 Å². The molecule has 0 saturated heterocycles. The molecule has 2 aromatic rings. The van der Waals surface area contributed by atoms with Crippen LogP contribution in [0.15, 0.2) is 27.5 Å².